The summed E-state index contributed by atoms with van der Waals surface area (Å²) in [5.41, 5.74) is 0. The third-order valence-electron chi connectivity index (χ3n) is 2.51. The molecule has 0 N–H and O–H groups in total. The first-order valence-corrected chi connectivity index (χ1v) is 8.57. The van der Waals surface area contributed by atoms with Gasteiger partial charge < -0.3 is 0 Å². The fraction of sp³-hybridized carbons (Fsp3) is 0.545. The summed E-state index contributed by atoms with van der Waals surface area (Å²) >= 11 is 8.74. The number of sulfonamides is 1. The van der Waals surface area contributed by atoms with Crippen LogP contribution in [-0.2, 0) is 10.0 Å². The summed E-state index contributed by atoms with van der Waals surface area (Å²) in [5, 5.41) is -0.359. The maximum absolute atomic E-state index is 12.6. The van der Waals surface area contributed by atoms with Gasteiger partial charge in [0.25, 0.3) is 0 Å². The molecule has 1 heterocycles. The van der Waals surface area contributed by atoms with E-state index in [1.165, 1.54) is 6.20 Å². The molecule has 0 unspecified atom stereocenters. The van der Waals surface area contributed by atoms with Gasteiger partial charge in [-0.3, -0.25) is 0 Å². The van der Waals surface area contributed by atoms with Gasteiger partial charge in [-0.2, -0.15) is 17.5 Å². The smallest absolute Gasteiger partial charge is 0.242 e. The molecule has 0 aliphatic rings. The molecule has 0 atom stereocenters. The highest BCUT2D eigenvalue weighted by molar-refractivity contribution is 9.10. The Kier molecular flexibility index (Phi) is 6.45. The summed E-state index contributed by atoms with van der Waals surface area (Å²) in [4.78, 5) is 3.19. The van der Waals surface area contributed by atoms with Crippen molar-refractivity contribution < 1.29 is 21.6 Å². The number of hydrogen-bond donors (Lipinski definition) is 0. The number of nitrogens with zero attached hydrogens (tertiary/aromatic N) is 2. The van der Waals surface area contributed by atoms with Crippen LogP contribution in [0, 0.1) is 0 Å². The van der Waals surface area contributed by atoms with Crippen LogP contribution in [0.25, 0.3) is 0 Å². The zero-order chi connectivity index (χ0) is 16.3. The summed E-state index contributed by atoms with van der Waals surface area (Å²) in [5.74, 6) is 0. The highest BCUT2D eigenvalue weighted by Crippen LogP contribution is 2.28. The van der Waals surface area contributed by atoms with E-state index < -0.39 is 27.6 Å². The van der Waals surface area contributed by atoms with Gasteiger partial charge in [0.2, 0.25) is 10.0 Å². The predicted octanol–water partition coefficient (Wildman–Crippen LogP) is 3.85. The molecular formula is C11H13BrClF3N2O2S. The normalized spacial score (nSPS) is 12.9. The first-order chi connectivity index (χ1) is 9.58. The number of rotatable bonds is 6. The zero-order valence-electron chi connectivity index (χ0n) is 11.0. The van der Waals surface area contributed by atoms with Gasteiger partial charge >= 0.3 is 6.18 Å². The summed E-state index contributed by atoms with van der Waals surface area (Å²) in [6.07, 6.45) is -2.49. The van der Waals surface area contributed by atoms with Crippen molar-refractivity contribution in [3.63, 3.8) is 0 Å². The molecule has 1 aromatic heterocycles. The largest absolute Gasteiger partial charge is 0.402 e. The van der Waals surface area contributed by atoms with Gasteiger partial charge in [-0.1, -0.05) is 24.9 Å². The Morgan fingerprint density at radius 1 is 1.43 bits per heavy atom. The lowest BCUT2D eigenvalue weighted by Crippen LogP contribution is -2.39. The van der Waals surface area contributed by atoms with Crippen molar-refractivity contribution in [1.82, 2.24) is 9.29 Å². The van der Waals surface area contributed by atoms with Crippen molar-refractivity contribution in [3.8, 4) is 0 Å². The van der Waals surface area contributed by atoms with E-state index in [4.69, 9.17) is 11.6 Å². The minimum atomic E-state index is -4.63. The molecule has 0 saturated heterocycles. The summed E-state index contributed by atoms with van der Waals surface area (Å²) in [7, 11) is -4.37. The SMILES string of the molecule is CCCCN(CC(F)(F)F)S(=O)(=O)c1cc(Br)cnc1Cl. The van der Waals surface area contributed by atoms with Gasteiger partial charge in [0.15, 0.2) is 0 Å². The van der Waals surface area contributed by atoms with Crippen molar-refractivity contribution in [3.05, 3.63) is 21.9 Å². The molecular weight excluding hydrogens is 397 g/mol. The topological polar surface area (TPSA) is 50.3 Å². The summed E-state index contributed by atoms with van der Waals surface area (Å²) < 4.78 is 63.2. The molecule has 0 aliphatic carbocycles. The second-order valence-corrected chi connectivity index (χ2v) is 7.43. The van der Waals surface area contributed by atoms with Gasteiger partial charge in [0, 0.05) is 17.2 Å². The molecule has 10 heteroatoms. The van der Waals surface area contributed by atoms with Crippen LogP contribution in [0.2, 0.25) is 5.15 Å². The lowest BCUT2D eigenvalue weighted by atomic mass is 10.3. The highest BCUT2D eigenvalue weighted by Gasteiger charge is 2.37. The molecule has 21 heavy (non-hydrogen) atoms. The molecule has 4 nitrogen and oxygen atoms in total. The number of unbranched alkanes of at least 4 members (excludes halogenated alkanes) is 1. The monoisotopic (exact) mass is 408 g/mol. The van der Waals surface area contributed by atoms with Crippen LogP contribution in [0.4, 0.5) is 13.2 Å². The first-order valence-electron chi connectivity index (χ1n) is 5.96. The minimum Gasteiger partial charge on any atom is -0.242 e. The predicted molar refractivity (Wildman–Crippen MR) is 76.7 cm³/mol. The second-order valence-electron chi connectivity index (χ2n) is 4.25. The van der Waals surface area contributed by atoms with E-state index in [1.54, 1.807) is 6.92 Å². The van der Waals surface area contributed by atoms with Crippen molar-refractivity contribution >= 4 is 37.6 Å². The Hall–Kier alpha value is -0.380. The number of alkyl halides is 3. The van der Waals surface area contributed by atoms with E-state index >= 15 is 0 Å². The van der Waals surface area contributed by atoms with Crippen LogP contribution in [0.5, 0.6) is 0 Å². The van der Waals surface area contributed by atoms with Crippen molar-refractivity contribution in [2.24, 2.45) is 0 Å². The van der Waals surface area contributed by atoms with E-state index in [9.17, 15) is 21.6 Å². The number of aromatic nitrogens is 1. The van der Waals surface area contributed by atoms with Crippen LogP contribution in [-0.4, -0.2) is 37.0 Å². The fourth-order valence-corrected chi connectivity index (χ4v) is 3.93. The standard InChI is InChI=1S/C11H13BrClF3N2O2S/c1-2-3-4-18(7-11(14,15)16)21(19,20)9-5-8(12)6-17-10(9)13/h5-6H,2-4,7H2,1H3. The Labute approximate surface area is 134 Å². The fourth-order valence-electron chi connectivity index (χ4n) is 1.54. The Balaban J connectivity index is 3.22. The molecule has 0 aliphatic heterocycles. The molecule has 0 radical (unpaired) electrons. The molecule has 0 amide bonds. The number of hydrogen-bond acceptors (Lipinski definition) is 3. The van der Waals surface area contributed by atoms with Crippen molar-refractivity contribution in [2.75, 3.05) is 13.1 Å². The van der Waals surface area contributed by atoms with Crippen molar-refractivity contribution in [1.29, 1.82) is 0 Å². The number of halogens is 5. The van der Waals surface area contributed by atoms with Crippen molar-refractivity contribution in [2.45, 2.75) is 30.8 Å². The Morgan fingerprint density at radius 2 is 2.05 bits per heavy atom. The molecule has 1 rings (SSSR count). The third-order valence-corrected chi connectivity index (χ3v) is 5.21. The van der Waals surface area contributed by atoms with Crippen LogP contribution in [0.15, 0.2) is 21.6 Å². The molecule has 0 aromatic carbocycles. The molecule has 120 valence electrons. The van der Waals surface area contributed by atoms with E-state index in [1.807, 2.05) is 0 Å². The van der Waals surface area contributed by atoms with E-state index in [0.29, 0.717) is 21.6 Å². The summed E-state index contributed by atoms with van der Waals surface area (Å²) in [6, 6.07) is 1.14. The van der Waals surface area contributed by atoms with Crippen LogP contribution < -0.4 is 0 Å². The Bertz CT molecular complexity index is 596. The zero-order valence-corrected chi connectivity index (χ0v) is 14.2. The quantitative estimate of drug-likeness (QED) is 0.671. The number of pyridine rings is 1. The van der Waals surface area contributed by atoms with E-state index in [2.05, 4.69) is 20.9 Å². The van der Waals surface area contributed by atoms with Gasteiger partial charge in [0.05, 0.1) is 0 Å². The van der Waals surface area contributed by atoms with Gasteiger partial charge in [0.1, 0.15) is 16.6 Å². The van der Waals surface area contributed by atoms with Crippen LogP contribution in [0.1, 0.15) is 19.8 Å². The third kappa shape index (κ3) is 5.39. The summed E-state index contributed by atoms with van der Waals surface area (Å²) in [6.45, 7) is -0.0363. The van der Waals surface area contributed by atoms with Crippen LogP contribution in [0.3, 0.4) is 0 Å². The molecule has 0 spiro atoms. The van der Waals surface area contributed by atoms with Crippen LogP contribution >= 0.6 is 27.5 Å². The highest BCUT2D eigenvalue weighted by atomic mass is 79.9. The van der Waals surface area contributed by atoms with Gasteiger partial charge in [-0.15, -0.1) is 0 Å². The van der Waals surface area contributed by atoms with E-state index in [0.717, 1.165) is 6.07 Å². The average Bonchev–Trinajstić information content (AvgIpc) is 2.35. The molecule has 0 bridgehead atoms. The molecule has 0 saturated carbocycles. The first kappa shape index (κ1) is 18.7. The van der Waals surface area contributed by atoms with E-state index in [-0.39, 0.29) is 11.7 Å². The Morgan fingerprint density at radius 3 is 2.57 bits per heavy atom. The lowest BCUT2D eigenvalue weighted by molar-refractivity contribution is -0.136. The van der Waals surface area contributed by atoms with Gasteiger partial charge in [-0.25, -0.2) is 13.4 Å². The maximum Gasteiger partial charge on any atom is 0.402 e. The second kappa shape index (κ2) is 7.26. The maximum atomic E-state index is 12.6. The molecule has 0 fully saturated rings. The van der Waals surface area contributed by atoms with Gasteiger partial charge in [-0.05, 0) is 28.4 Å². The lowest BCUT2D eigenvalue weighted by Gasteiger charge is -2.23. The molecule has 1 aromatic rings. The minimum absolute atomic E-state index is 0.235. The average molecular weight is 410 g/mol.